The molecule has 4 heteroatoms. The monoisotopic (exact) mass is 343 g/mol. The Morgan fingerprint density at radius 2 is 1.88 bits per heavy atom. The molecule has 3 rings (SSSR count). The zero-order valence-electron chi connectivity index (χ0n) is 14.2. The van der Waals surface area contributed by atoms with Crippen LogP contribution in [0.3, 0.4) is 0 Å². The lowest BCUT2D eigenvalue weighted by atomic mass is 9.81. The number of aliphatic hydroxyl groups is 1. The maximum Gasteiger partial charge on any atom is 0.122 e. The Balaban J connectivity index is 1.87. The van der Waals surface area contributed by atoms with Gasteiger partial charge in [-0.3, -0.25) is 4.90 Å². The molecule has 2 aromatic carbocycles. The van der Waals surface area contributed by atoms with Crippen molar-refractivity contribution in [3.05, 3.63) is 71.3 Å². The Morgan fingerprint density at radius 3 is 2.50 bits per heavy atom. The number of hydrogen-bond acceptors (Lipinski definition) is 3. The molecular weight excluding hydrogens is 317 g/mol. The standard InChI is InChI=1S/C20H26NO2P/c1-16-7-9-18(10-8-16)20(11-12-21(15-24)13-19(20)22)23-14-17-5-3-2-4-6-17/h2-10,19,22H,11-15,24H2,1H3. The third-order valence-corrected chi connectivity index (χ3v) is 5.42. The number of aliphatic hydroxyl groups excluding tert-OH is 1. The lowest BCUT2D eigenvalue weighted by molar-refractivity contribution is -0.168. The first-order valence-electron chi connectivity index (χ1n) is 8.49. The second-order valence-corrected chi connectivity index (χ2v) is 6.92. The minimum Gasteiger partial charge on any atom is -0.388 e. The summed E-state index contributed by atoms with van der Waals surface area (Å²) in [6.07, 6.45) is 1.12. The number of likely N-dealkylation sites (tertiary alicyclic amines) is 1. The van der Waals surface area contributed by atoms with Crippen molar-refractivity contribution in [2.75, 3.05) is 19.4 Å². The second-order valence-electron chi connectivity index (χ2n) is 6.56. The maximum atomic E-state index is 10.9. The molecule has 0 saturated carbocycles. The fraction of sp³-hybridized carbons (Fsp3) is 0.400. The van der Waals surface area contributed by atoms with E-state index in [9.17, 15) is 5.11 Å². The van der Waals surface area contributed by atoms with Gasteiger partial charge in [0.2, 0.25) is 0 Å². The third-order valence-electron chi connectivity index (χ3n) is 4.91. The SMILES string of the molecule is Cc1ccc(C2(OCc3ccccc3)CCN(CP)CC2O)cc1. The van der Waals surface area contributed by atoms with Crippen LogP contribution in [0.1, 0.15) is 23.1 Å². The molecule has 1 heterocycles. The van der Waals surface area contributed by atoms with Gasteiger partial charge in [0.25, 0.3) is 0 Å². The van der Waals surface area contributed by atoms with Crippen LogP contribution in [0.5, 0.6) is 0 Å². The van der Waals surface area contributed by atoms with Crippen molar-refractivity contribution < 1.29 is 9.84 Å². The quantitative estimate of drug-likeness (QED) is 0.846. The van der Waals surface area contributed by atoms with E-state index in [1.807, 2.05) is 18.2 Å². The Bertz CT molecular complexity index is 646. The number of ether oxygens (including phenoxy) is 1. The van der Waals surface area contributed by atoms with Gasteiger partial charge in [0.1, 0.15) is 5.60 Å². The van der Waals surface area contributed by atoms with E-state index < -0.39 is 11.7 Å². The van der Waals surface area contributed by atoms with Gasteiger partial charge in [-0.2, -0.15) is 0 Å². The summed E-state index contributed by atoms with van der Waals surface area (Å²) < 4.78 is 6.40. The van der Waals surface area contributed by atoms with Crippen molar-refractivity contribution in [3.63, 3.8) is 0 Å². The fourth-order valence-electron chi connectivity index (χ4n) is 3.35. The minimum atomic E-state index is -0.639. The highest BCUT2D eigenvalue weighted by atomic mass is 31.0. The number of nitrogens with zero attached hydrogens (tertiary/aromatic N) is 1. The normalized spacial score (nSPS) is 24.9. The van der Waals surface area contributed by atoms with Crippen LogP contribution < -0.4 is 0 Å². The summed E-state index contributed by atoms with van der Waals surface area (Å²) in [6, 6.07) is 18.6. The molecule has 0 amide bonds. The number of aryl methyl sites for hydroxylation is 1. The molecule has 0 bridgehead atoms. The lowest BCUT2D eigenvalue weighted by Crippen LogP contribution is -2.54. The Kier molecular flexibility index (Phi) is 5.68. The van der Waals surface area contributed by atoms with Crippen LogP contribution in [-0.4, -0.2) is 35.5 Å². The third kappa shape index (κ3) is 3.70. The molecule has 3 atom stereocenters. The number of rotatable bonds is 5. The highest BCUT2D eigenvalue weighted by molar-refractivity contribution is 7.16. The van der Waals surface area contributed by atoms with E-state index in [0.717, 1.165) is 30.4 Å². The van der Waals surface area contributed by atoms with Gasteiger partial charge in [-0.05, 0) is 24.5 Å². The summed E-state index contributed by atoms with van der Waals surface area (Å²) in [5.74, 6) is 0. The molecule has 1 saturated heterocycles. The summed E-state index contributed by atoms with van der Waals surface area (Å²) in [5.41, 5.74) is 2.78. The molecule has 0 radical (unpaired) electrons. The maximum absolute atomic E-state index is 10.9. The summed E-state index contributed by atoms with van der Waals surface area (Å²) in [7, 11) is 2.74. The van der Waals surface area contributed by atoms with E-state index in [1.165, 1.54) is 5.56 Å². The number of benzene rings is 2. The van der Waals surface area contributed by atoms with Crippen LogP contribution in [0.4, 0.5) is 0 Å². The van der Waals surface area contributed by atoms with E-state index in [4.69, 9.17) is 4.74 Å². The minimum absolute atomic E-state index is 0.507. The summed E-state index contributed by atoms with van der Waals surface area (Å²) >= 11 is 0. The van der Waals surface area contributed by atoms with Gasteiger partial charge in [0, 0.05) is 19.4 Å². The molecule has 0 aromatic heterocycles. The Labute approximate surface area is 146 Å². The Hall–Kier alpha value is -1.25. The average Bonchev–Trinajstić information content (AvgIpc) is 2.62. The molecule has 2 aromatic rings. The van der Waals surface area contributed by atoms with E-state index in [2.05, 4.69) is 57.5 Å². The lowest BCUT2D eigenvalue weighted by Gasteiger charge is -2.45. The smallest absolute Gasteiger partial charge is 0.122 e. The molecule has 1 aliphatic heterocycles. The Morgan fingerprint density at radius 1 is 1.17 bits per heavy atom. The number of β-amino-alcohol motifs (C(OH)–C–C–N with tert-alkyl or cyclic N) is 1. The van der Waals surface area contributed by atoms with E-state index in [1.54, 1.807) is 0 Å². The summed E-state index contributed by atoms with van der Waals surface area (Å²) in [6.45, 7) is 4.14. The topological polar surface area (TPSA) is 32.7 Å². The first-order chi connectivity index (χ1) is 11.6. The van der Waals surface area contributed by atoms with Gasteiger partial charge in [-0.25, -0.2) is 0 Å². The second kappa shape index (κ2) is 7.76. The van der Waals surface area contributed by atoms with Crippen molar-refractivity contribution in [2.24, 2.45) is 0 Å². The van der Waals surface area contributed by atoms with Gasteiger partial charge < -0.3 is 9.84 Å². The number of piperidine rings is 1. The van der Waals surface area contributed by atoms with E-state index >= 15 is 0 Å². The van der Waals surface area contributed by atoms with Crippen LogP contribution in [0.15, 0.2) is 54.6 Å². The molecule has 3 nitrogen and oxygen atoms in total. The predicted molar refractivity (Wildman–Crippen MR) is 101 cm³/mol. The molecule has 0 spiro atoms. The summed E-state index contributed by atoms with van der Waals surface area (Å²) in [4.78, 5) is 2.24. The first kappa shape index (κ1) is 17.6. The van der Waals surface area contributed by atoms with Crippen LogP contribution in [-0.2, 0) is 16.9 Å². The predicted octanol–water partition coefficient (Wildman–Crippen LogP) is 3.31. The van der Waals surface area contributed by atoms with Gasteiger partial charge in [-0.15, -0.1) is 9.24 Å². The highest BCUT2D eigenvalue weighted by Gasteiger charge is 2.44. The first-order valence-corrected chi connectivity index (χ1v) is 9.31. The fourth-order valence-corrected chi connectivity index (χ4v) is 3.68. The average molecular weight is 343 g/mol. The van der Waals surface area contributed by atoms with Gasteiger partial charge in [0.05, 0.1) is 12.7 Å². The molecular formula is C20H26NO2P. The number of hydrogen-bond donors (Lipinski definition) is 1. The van der Waals surface area contributed by atoms with Crippen LogP contribution in [0.2, 0.25) is 0 Å². The molecule has 1 aliphatic rings. The van der Waals surface area contributed by atoms with Gasteiger partial charge >= 0.3 is 0 Å². The molecule has 24 heavy (non-hydrogen) atoms. The van der Waals surface area contributed by atoms with Crippen molar-refractivity contribution in [2.45, 2.75) is 31.7 Å². The zero-order chi connectivity index (χ0) is 17.0. The zero-order valence-corrected chi connectivity index (χ0v) is 15.3. The highest BCUT2D eigenvalue weighted by Crippen LogP contribution is 2.38. The van der Waals surface area contributed by atoms with Crippen LogP contribution in [0.25, 0.3) is 0 Å². The van der Waals surface area contributed by atoms with Crippen LogP contribution >= 0.6 is 9.24 Å². The van der Waals surface area contributed by atoms with Crippen molar-refractivity contribution in [1.29, 1.82) is 0 Å². The van der Waals surface area contributed by atoms with Crippen molar-refractivity contribution >= 4 is 9.24 Å². The molecule has 1 fully saturated rings. The molecule has 3 unspecified atom stereocenters. The van der Waals surface area contributed by atoms with Gasteiger partial charge in [0.15, 0.2) is 0 Å². The van der Waals surface area contributed by atoms with Crippen molar-refractivity contribution in [3.8, 4) is 0 Å². The largest absolute Gasteiger partial charge is 0.388 e. The summed E-state index contributed by atoms with van der Waals surface area (Å²) in [5, 5.41) is 10.9. The molecule has 128 valence electrons. The van der Waals surface area contributed by atoms with Crippen molar-refractivity contribution in [1.82, 2.24) is 4.90 Å². The molecule has 0 aliphatic carbocycles. The van der Waals surface area contributed by atoms with Gasteiger partial charge in [-0.1, -0.05) is 60.2 Å². The van der Waals surface area contributed by atoms with Crippen LogP contribution in [0, 0.1) is 6.92 Å². The van der Waals surface area contributed by atoms with E-state index in [0.29, 0.717) is 13.2 Å². The molecule has 1 N–H and O–H groups in total. The van der Waals surface area contributed by atoms with E-state index in [-0.39, 0.29) is 0 Å².